The van der Waals surface area contributed by atoms with Gasteiger partial charge >= 0.3 is 6.03 Å². The molecule has 1 heterocycles. The van der Waals surface area contributed by atoms with E-state index in [1.807, 2.05) is 38.1 Å². The molecule has 0 aromatic heterocycles. The Bertz CT molecular complexity index is 648. The number of carbonyl (C=O) groups is 3. The Morgan fingerprint density at radius 3 is 2.62 bits per heavy atom. The molecule has 6 nitrogen and oxygen atoms in total. The molecule has 24 heavy (non-hydrogen) atoms. The molecule has 0 aliphatic carbocycles. The smallest absolute Gasteiger partial charge is 0.325 e. The number of carbonyl (C=O) groups excluding carboxylic acids is 3. The van der Waals surface area contributed by atoms with Crippen molar-refractivity contribution in [2.45, 2.75) is 32.9 Å². The normalized spacial score (nSPS) is 17.4. The van der Waals surface area contributed by atoms with Crippen LogP contribution in [0, 0.1) is 5.92 Å². The molecular weight excluding hydrogens is 374 g/mol. The van der Waals surface area contributed by atoms with Crippen molar-refractivity contribution in [3.05, 3.63) is 34.3 Å². The summed E-state index contributed by atoms with van der Waals surface area (Å²) in [5.41, 5.74) is 0.961. The van der Waals surface area contributed by atoms with Crippen molar-refractivity contribution >= 4 is 33.8 Å². The number of nitrogens with one attached hydrogen (secondary N) is 1. The van der Waals surface area contributed by atoms with Gasteiger partial charge in [-0.3, -0.25) is 14.5 Å². The molecule has 0 saturated carbocycles. The lowest BCUT2D eigenvalue weighted by atomic mass is 10.0. The van der Waals surface area contributed by atoms with Gasteiger partial charge in [0.2, 0.25) is 5.91 Å². The highest BCUT2D eigenvalue weighted by Gasteiger charge is 2.39. The zero-order valence-electron chi connectivity index (χ0n) is 14.1. The number of hydrogen-bond acceptors (Lipinski definition) is 3. The average Bonchev–Trinajstić information content (AvgIpc) is 2.76. The first-order chi connectivity index (χ1) is 11.3. The van der Waals surface area contributed by atoms with Gasteiger partial charge in [0, 0.05) is 18.1 Å². The van der Waals surface area contributed by atoms with Crippen molar-refractivity contribution in [2.24, 2.45) is 5.92 Å². The van der Waals surface area contributed by atoms with Gasteiger partial charge in [-0.25, -0.2) is 4.79 Å². The number of urea groups is 1. The number of benzene rings is 1. The van der Waals surface area contributed by atoms with E-state index in [4.69, 9.17) is 0 Å². The number of imide groups is 1. The summed E-state index contributed by atoms with van der Waals surface area (Å²) in [5, 5.41) is 2.65. The molecule has 1 aliphatic heterocycles. The van der Waals surface area contributed by atoms with Gasteiger partial charge in [0.05, 0.1) is 0 Å². The Morgan fingerprint density at radius 2 is 2.00 bits per heavy atom. The van der Waals surface area contributed by atoms with Crippen molar-refractivity contribution < 1.29 is 14.4 Å². The second-order valence-corrected chi connectivity index (χ2v) is 7.25. The van der Waals surface area contributed by atoms with E-state index in [2.05, 4.69) is 21.2 Å². The molecule has 1 N–H and O–H groups in total. The summed E-state index contributed by atoms with van der Waals surface area (Å²) >= 11 is 3.45. The first-order valence-corrected chi connectivity index (χ1v) is 8.68. The van der Waals surface area contributed by atoms with E-state index in [1.54, 1.807) is 7.05 Å². The highest BCUT2D eigenvalue weighted by atomic mass is 79.9. The molecule has 1 unspecified atom stereocenters. The van der Waals surface area contributed by atoms with E-state index in [1.165, 1.54) is 4.90 Å². The Hall–Kier alpha value is -1.89. The van der Waals surface area contributed by atoms with E-state index >= 15 is 0 Å². The Labute approximate surface area is 150 Å². The van der Waals surface area contributed by atoms with Crippen LogP contribution in [-0.2, 0) is 16.1 Å². The van der Waals surface area contributed by atoms with Crippen LogP contribution in [0.5, 0.6) is 0 Å². The standard InChI is InChI=1S/C17H22BrN3O3/c1-11(2)8-14-16(23)21(17(24)19-14)10-15(22)20(3)9-12-6-4-5-7-13(12)18/h4-7,11,14H,8-10H2,1-3H3,(H,19,24). The molecule has 0 spiro atoms. The number of hydrogen-bond donors (Lipinski definition) is 1. The molecule has 1 aliphatic rings. The Balaban J connectivity index is 1.97. The predicted molar refractivity (Wildman–Crippen MR) is 94.1 cm³/mol. The number of likely N-dealkylation sites (N-methyl/N-ethyl adjacent to an activating group) is 1. The lowest BCUT2D eigenvalue weighted by molar-refractivity contribution is -0.137. The molecule has 4 amide bonds. The molecule has 130 valence electrons. The molecule has 1 aromatic rings. The van der Waals surface area contributed by atoms with Crippen LogP contribution in [0.25, 0.3) is 0 Å². The maximum atomic E-state index is 12.4. The van der Waals surface area contributed by atoms with Crippen LogP contribution in [-0.4, -0.2) is 47.3 Å². The van der Waals surface area contributed by atoms with Crippen molar-refractivity contribution in [3.63, 3.8) is 0 Å². The Morgan fingerprint density at radius 1 is 1.33 bits per heavy atom. The van der Waals surface area contributed by atoms with E-state index in [9.17, 15) is 14.4 Å². The van der Waals surface area contributed by atoms with Crippen molar-refractivity contribution in [1.29, 1.82) is 0 Å². The van der Waals surface area contributed by atoms with Gasteiger partial charge in [-0.15, -0.1) is 0 Å². The maximum Gasteiger partial charge on any atom is 0.325 e. The third kappa shape index (κ3) is 4.35. The molecular formula is C17H22BrN3O3. The summed E-state index contributed by atoms with van der Waals surface area (Å²) in [6.07, 6.45) is 0.571. The average molecular weight is 396 g/mol. The van der Waals surface area contributed by atoms with Crippen molar-refractivity contribution in [2.75, 3.05) is 13.6 Å². The molecule has 2 rings (SSSR count). The van der Waals surface area contributed by atoms with Crippen molar-refractivity contribution in [1.82, 2.24) is 15.1 Å². The topological polar surface area (TPSA) is 69.7 Å². The number of rotatable bonds is 6. The Kier molecular flexibility index (Phi) is 5.99. The number of nitrogens with zero attached hydrogens (tertiary/aromatic N) is 2. The van der Waals surface area contributed by atoms with Crippen LogP contribution in [0.1, 0.15) is 25.8 Å². The summed E-state index contributed by atoms with van der Waals surface area (Å²) < 4.78 is 0.914. The molecule has 0 radical (unpaired) electrons. The summed E-state index contributed by atoms with van der Waals surface area (Å²) in [6, 6.07) is 6.60. The SMILES string of the molecule is CC(C)CC1NC(=O)N(CC(=O)N(C)Cc2ccccc2Br)C1=O. The zero-order chi connectivity index (χ0) is 17.9. The van der Waals surface area contributed by atoms with E-state index in [0.29, 0.717) is 13.0 Å². The van der Waals surface area contributed by atoms with E-state index in [0.717, 1.165) is 14.9 Å². The minimum Gasteiger partial charge on any atom is -0.340 e. The fourth-order valence-electron chi connectivity index (χ4n) is 2.58. The van der Waals surface area contributed by atoms with Gasteiger partial charge in [-0.1, -0.05) is 48.0 Å². The summed E-state index contributed by atoms with van der Waals surface area (Å²) in [4.78, 5) is 39.1. The summed E-state index contributed by atoms with van der Waals surface area (Å²) in [5.74, 6) is -0.316. The fraction of sp³-hybridized carbons (Fsp3) is 0.471. The number of halogens is 1. The molecule has 1 saturated heterocycles. The minimum atomic E-state index is -0.529. The molecule has 1 atom stereocenters. The number of amides is 4. The van der Waals surface area contributed by atoms with Gasteiger partial charge in [-0.2, -0.15) is 0 Å². The largest absolute Gasteiger partial charge is 0.340 e. The van der Waals surface area contributed by atoms with Gasteiger partial charge in [0.25, 0.3) is 5.91 Å². The lowest BCUT2D eigenvalue weighted by Crippen LogP contribution is -2.41. The van der Waals surface area contributed by atoms with Crippen LogP contribution in [0.15, 0.2) is 28.7 Å². The minimum absolute atomic E-state index is 0.236. The fourth-order valence-corrected chi connectivity index (χ4v) is 2.99. The third-order valence-corrected chi connectivity index (χ3v) is 4.67. The molecule has 7 heteroatoms. The lowest BCUT2D eigenvalue weighted by Gasteiger charge is -2.21. The maximum absolute atomic E-state index is 12.4. The molecule has 1 aromatic carbocycles. The summed E-state index contributed by atoms with van der Waals surface area (Å²) in [6.45, 7) is 4.14. The van der Waals surface area contributed by atoms with Gasteiger partial charge in [0.1, 0.15) is 12.6 Å². The first-order valence-electron chi connectivity index (χ1n) is 7.88. The van der Waals surface area contributed by atoms with Gasteiger partial charge < -0.3 is 10.2 Å². The van der Waals surface area contributed by atoms with Crippen LogP contribution in [0.3, 0.4) is 0 Å². The van der Waals surface area contributed by atoms with E-state index in [-0.39, 0.29) is 24.3 Å². The van der Waals surface area contributed by atoms with Crippen LogP contribution in [0.4, 0.5) is 4.79 Å². The monoisotopic (exact) mass is 395 g/mol. The quantitative estimate of drug-likeness (QED) is 0.751. The predicted octanol–water partition coefficient (Wildman–Crippen LogP) is 2.37. The van der Waals surface area contributed by atoms with Crippen LogP contribution < -0.4 is 5.32 Å². The molecule has 0 bridgehead atoms. The van der Waals surface area contributed by atoms with E-state index < -0.39 is 12.1 Å². The zero-order valence-corrected chi connectivity index (χ0v) is 15.7. The highest BCUT2D eigenvalue weighted by molar-refractivity contribution is 9.10. The van der Waals surface area contributed by atoms with Crippen molar-refractivity contribution in [3.8, 4) is 0 Å². The second-order valence-electron chi connectivity index (χ2n) is 6.40. The van der Waals surface area contributed by atoms with Gasteiger partial charge in [-0.05, 0) is 24.0 Å². The first kappa shape index (κ1) is 18.4. The van der Waals surface area contributed by atoms with Gasteiger partial charge in [0.15, 0.2) is 0 Å². The highest BCUT2D eigenvalue weighted by Crippen LogP contribution is 2.18. The molecule has 1 fully saturated rings. The van der Waals surface area contributed by atoms with Crippen LogP contribution in [0.2, 0.25) is 0 Å². The third-order valence-electron chi connectivity index (χ3n) is 3.90. The van der Waals surface area contributed by atoms with Crippen LogP contribution >= 0.6 is 15.9 Å². The summed E-state index contributed by atoms with van der Waals surface area (Å²) in [7, 11) is 1.66. The second kappa shape index (κ2) is 7.79.